The SMILES string of the molecule is CC(=O)OC(C)c1ccccc1OS(=O)(=O)c1ccc(C)cc1. The van der Waals surface area contributed by atoms with Crippen LogP contribution in [0, 0.1) is 6.92 Å². The first-order chi connectivity index (χ1) is 10.8. The number of aryl methyl sites for hydroxylation is 1. The number of para-hydroxylation sites is 1. The molecule has 6 heteroatoms. The van der Waals surface area contributed by atoms with Gasteiger partial charge >= 0.3 is 16.1 Å². The fraction of sp³-hybridized carbons (Fsp3) is 0.235. The maximum absolute atomic E-state index is 12.4. The van der Waals surface area contributed by atoms with E-state index in [0.717, 1.165) is 5.56 Å². The van der Waals surface area contributed by atoms with Gasteiger partial charge in [0.1, 0.15) is 16.7 Å². The summed E-state index contributed by atoms with van der Waals surface area (Å²) < 4.78 is 35.1. The second-order valence-corrected chi connectivity index (χ2v) is 6.69. The third kappa shape index (κ3) is 4.32. The van der Waals surface area contributed by atoms with Gasteiger partial charge in [-0.2, -0.15) is 8.42 Å². The zero-order valence-electron chi connectivity index (χ0n) is 13.1. The molecule has 0 saturated carbocycles. The van der Waals surface area contributed by atoms with Crippen LogP contribution in [0.15, 0.2) is 53.4 Å². The van der Waals surface area contributed by atoms with Gasteiger partial charge in [0, 0.05) is 12.5 Å². The van der Waals surface area contributed by atoms with Crippen LogP contribution in [0.2, 0.25) is 0 Å². The molecule has 0 heterocycles. The molecule has 1 atom stereocenters. The summed E-state index contributed by atoms with van der Waals surface area (Å²) in [6.07, 6.45) is -0.614. The van der Waals surface area contributed by atoms with Crippen molar-refractivity contribution in [3.8, 4) is 5.75 Å². The normalized spacial score (nSPS) is 12.5. The van der Waals surface area contributed by atoms with Crippen LogP contribution in [0.4, 0.5) is 0 Å². The van der Waals surface area contributed by atoms with Gasteiger partial charge in [0.15, 0.2) is 0 Å². The van der Waals surface area contributed by atoms with Gasteiger partial charge in [0.05, 0.1) is 0 Å². The summed E-state index contributed by atoms with van der Waals surface area (Å²) in [4.78, 5) is 11.2. The molecule has 122 valence electrons. The Morgan fingerprint density at radius 1 is 1.04 bits per heavy atom. The second-order valence-electron chi connectivity index (χ2n) is 5.14. The molecule has 0 spiro atoms. The number of carbonyl (C=O) groups is 1. The van der Waals surface area contributed by atoms with E-state index in [-0.39, 0.29) is 10.6 Å². The third-order valence-electron chi connectivity index (χ3n) is 3.21. The first-order valence-corrected chi connectivity index (χ1v) is 8.48. The highest BCUT2D eigenvalue weighted by molar-refractivity contribution is 7.87. The lowest BCUT2D eigenvalue weighted by atomic mass is 10.1. The van der Waals surface area contributed by atoms with E-state index in [1.807, 2.05) is 6.92 Å². The van der Waals surface area contributed by atoms with E-state index in [4.69, 9.17) is 8.92 Å². The molecule has 0 aromatic heterocycles. The van der Waals surface area contributed by atoms with Crippen LogP contribution < -0.4 is 4.18 Å². The number of benzene rings is 2. The molecule has 0 amide bonds. The smallest absolute Gasteiger partial charge is 0.339 e. The minimum atomic E-state index is -3.96. The number of carbonyl (C=O) groups excluding carboxylic acids is 1. The molecule has 0 aliphatic rings. The number of ether oxygens (including phenoxy) is 1. The van der Waals surface area contributed by atoms with Crippen LogP contribution in [0.5, 0.6) is 5.75 Å². The lowest BCUT2D eigenvalue weighted by Gasteiger charge is -2.16. The van der Waals surface area contributed by atoms with E-state index in [2.05, 4.69) is 0 Å². The summed E-state index contributed by atoms with van der Waals surface area (Å²) in [6, 6.07) is 12.9. The minimum absolute atomic E-state index is 0.0676. The van der Waals surface area contributed by atoms with Crippen molar-refractivity contribution in [2.45, 2.75) is 31.8 Å². The van der Waals surface area contributed by atoms with E-state index in [0.29, 0.717) is 5.56 Å². The van der Waals surface area contributed by atoms with Crippen molar-refractivity contribution in [3.63, 3.8) is 0 Å². The molecule has 0 N–H and O–H groups in total. The highest BCUT2D eigenvalue weighted by Crippen LogP contribution is 2.29. The van der Waals surface area contributed by atoms with Gasteiger partial charge in [-0.05, 0) is 32.0 Å². The Balaban J connectivity index is 2.32. The summed E-state index contributed by atoms with van der Waals surface area (Å²) in [5.74, 6) is -0.310. The number of rotatable bonds is 5. The van der Waals surface area contributed by atoms with Crippen LogP contribution in [0.25, 0.3) is 0 Å². The van der Waals surface area contributed by atoms with Crippen LogP contribution in [0.1, 0.15) is 31.1 Å². The van der Waals surface area contributed by atoms with Gasteiger partial charge in [-0.3, -0.25) is 4.79 Å². The molecule has 2 aromatic carbocycles. The lowest BCUT2D eigenvalue weighted by Crippen LogP contribution is -2.13. The first kappa shape index (κ1) is 17.0. The van der Waals surface area contributed by atoms with E-state index in [1.165, 1.54) is 25.1 Å². The summed E-state index contributed by atoms with van der Waals surface area (Å²) in [5.41, 5.74) is 1.44. The molecule has 0 radical (unpaired) electrons. The Morgan fingerprint density at radius 2 is 1.65 bits per heavy atom. The largest absolute Gasteiger partial charge is 0.458 e. The van der Waals surface area contributed by atoms with Gasteiger partial charge in [0.2, 0.25) is 0 Å². The summed E-state index contributed by atoms with van der Waals surface area (Å²) in [6.45, 7) is 4.82. The van der Waals surface area contributed by atoms with Crippen molar-refractivity contribution in [1.82, 2.24) is 0 Å². The predicted molar refractivity (Wildman–Crippen MR) is 85.6 cm³/mol. The topological polar surface area (TPSA) is 69.7 Å². The van der Waals surface area contributed by atoms with Gasteiger partial charge in [-0.25, -0.2) is 0 Å². The van der Waals surface area contributed by atoms with E-state index >= 15 is 0 Å². The fourth-order valence-electron chi connectivity index (χ4n) is 2.08. The van der Waals surface area contributed by atoms with Crippen LogP contribution in [0.3, 0.4) is 0 Å². The van der Waals surface area contributed by atoms with Crippen molar-refractivity contribution >= 4 is 16.1 Å². The molecule has 0 aliphatic heterocycles. The zero-order chi connectivity index (χ0) is 17.0. The maximum Gasteiger partial charge on any atom is 0.339 e. The first-order valence-electron chi connectivity index (χ1n) is 7.07. The average Bonchev–Trinajstić information content (AvgIpc) is 2.47. The zero-order valence-corrected chi connectivity index (χ0v) is 14.0. The highest BCUT2D eigenvalue weighted by Gasteiger charge is 2.21. The Labute approximate surface area is 136 Å². The van der Waals surface area contributed by atoms with E-state index < -0.39 is 22.2 Å². The Kier molecular flexibility index (Phi) is 5.05. The molecule has 0 bridgehead atoms. The van der Waals surface area contributed by atoms with Crippen molar-refractivity contribution < 1.29 is 22.1 Å². The lowest BCUT2D eigenvalue weighted by molar-refractivity contribution is -0.145. The van der Waals surface area contributed by atoms with Crippen molar-refractivity contribution in [2.75, 3.05) is 0 Å². The standard InChI is InChI=1S/C17H18O5S/c1-12-8-10-15(11-9-12)23(19,20)22-17-7-5-4-6-16(17)13(2)21-14(3)18/h4-11,13H,1-3H3. The van der Waals surface area contributed by atoms with Gasteiger partial charge in [-0.15, -0.1) is 0 Å². The average molecular weight is 334 g/mol. The maximum atomic E-state index is 12.4. The molecule has 5 nitrogen and oxygen atoms in total. The van der Waals surface area contributed by atoms with Crippen molar-refractivity contribution in [2.24, 2.45) is 0 Å². The van der Waals surface area contributed by atoms with E-state index in [1.54, 1.807) is 37.3 Å². The predicted octanol–water partition coefficient (Wildman–Crippen LogP) is 3.39. The summed E-state index contributed by atoms with van der Waals surface area (Å²) >= 11 is 0. The molecule has 2 aromatic rings. The molecule has 0 aliphatic carbocycles. The van der Waals surface area contributed by atoms with Crippen LogP contribution in [-0.4, -0.2) is 14.4 Å². The highest BCUT2D eigenvalue weighted by atomic mass is 32.2. The molecular weight excluding hydrogens is 316 g/mol. The molecule has 1 unspecified atom stereocenters. The second kappa shape index (κ2) is 6.83. The minimum Gasteiger partial charge on any atom is -0.458 e. The van der Waals surface area contributed by atoms with Crippen LogP contribution >= 0.6 is 0 Å². The Hall–Kier alpha value is -2.34. The molecule has 0 fully saturated rings. The van der Waals surface area contributed by atoms with Gasteiger partial charge < -0.3 is 8.92 Å². The summed E-state index contributed by atoms with van der Waals surface area (Å²) in [7, 11) is -3.96. The van der Waals surface area contributed by atoms with Gasteiger partial charge in [0.25, 0.3) is 0 Å². The molecule has 23 heavy (non-hydrogen) atoms. The van der Waals surface area contributed by atoms with Crippen molar-refractivity contribution in [3.05, 3.63) is 59.7 Å². The third-order valence-corrected chi connectivity index (χ3v) is 4.46. The Bertz CT molecular complexity index is 794. The van der Waals surface area contributed by atoms with Gasteiger partial charge in [-0.1, -0.05) is 35.9 Å². The molecule has 2 rings (SSSR count). The number of hydrogen-bond acceptors (Lipinski definition) is 5. The van der Waals surface area contributed by atoms with Crippen LogP contribution in [-0.2, 0) is 19.6 Å². The van der Waals surface area contributed by atoms with Crippen molar-refractivity contribution in [1.29, 1.82) is 0 Å². The number of hydrogen-bond donors (Lipinski definition) is 0. The molecular formula is C17H18O5S. The van der Waals surface area contributed by atoms with E-state index in [9.17, 15) is 13.2 Å². The number of esters is 1. The molecule has 0 saturated heterocycles. The quantitative estimate of drug-likeness (QED) is 0.619. The fourth-order valence-corrected chi connectivity index (χ4v) is 3.03. The Morgan fingerprint density at radius 3 is 2.26 bits per heavy atom. The summed E-state index contributed by atoms with van der Waals surface area (Å²) in [5, 5.41) is 0. The monoisotopic (exact) mass is 334 g/mol.